The summed E-state index contributed by atoms with van der Waals surface area (Å²) in [4.78, 5) is 0. The molecule has 1 aromatic carbocycles. The van der Waals surface area contributed by atoms with Gasteiger partial charge in [-0.15, -0.1) is 0 Å². The highest BCUT2D eigenvalue weighted by Crippen LogP contribution is 2.46. The van der Waals surface area contributed by atoms with Crippen LogP contribution in [0, 0.1) is 12.8 Å². The summed E-state index contributed by atoms with van der Waals surface area (Å²) in [5, 5.41) is 10.3. The van der Waals surface area contributed by atoms with Crippen molar-refractivity contribution in [3.8, 4) is 0 Å². The van der Waals surface area contributed by atoms with E-state index in [4.69, 9.17) is 0 Å². The van der Waals surface area contributed by atoms with Crippen molar-refractivity contribution in [2.24, 2.45) is 5.92 Å². The molecule has 2 atom stereocenters. The monoisotopic (exact) mass is 308 g/mol. The van der Waals surface area contributed by atoms with E-state index in [2.05, 4.69) is 57.2 Å². The molecule has 2 unspecified atom stereocenters. The van der Waals surface area contributed by atoms with Crippen LogP contribution in [0.25, 0.3) is 6.08 Å². The summed E-state index contributed by atoms with van der Waals surface area (Å²) in [5.41, 5.74) is 5.55. The molecule has 0 radical (unpaired) electrons. The largest absolute Gasteiger partial charge is 0.512 e. The predicted molar refractivity (Wildman–Crippen MR) is 98.9 cm³/mol. The van der Waals surface area contributed by atoms with E-state index in [1.165, 1.54) is 41.5 Å². The average Bonchev–Trinajstić information content (AvgIpc) is 3.06. The molecule has 2 aliphatic carbocycles. The third kappa shape index (κ3) is 3.02. The van der Waals surface area contributed by atoms with Crippen molar-refractivity contribution >= 4 is 6.08 Å². The lowest BCUT2D eigenvalue weighted by atomic mass is 9.71. The first-order valence-corrected chi connectivity index (χ1v) is 9.03. The van der Waals surface area contributed by atoms with Crippen LogP contribution in [0.2, 0.25) is 0 Å². The van der Waals surface area contributed by atoms with Crippen molar-refractivity contribution in [2.75, 3.05) is 0 Å². The first-order valence-electron chi connectivity index (χ1n) is 9.03. The van der Waals surface area contributed by atoms with Crippen molar-refractivity contribution in [2.45, 2.75) is 58.3 Å². The van der Waals surface area contributed by atoms with E-state index in [1.54, 1.807) is 0 Å². The summed E-state index contributed by atoms with van der Waals surface area (Å²) in [5.74, 6) is 2.02. The number of fused-ring (bicyclic) bond motifs is 1. The number of allylic oxidation sites excluding steroid dienone is 5. The molecular formula is C22H28O. The van der Waals surface area contributed by atoms with E-state index in [9.17, 15) is 5.11 Å². The second-order valence-corrected chi connectivity index (χ2v) is 7.00. The van der Waals surface area contributed by atoms with Gasteiger partial charge in [-0.2, -0.15) is 0 Å². The van der Waals surface area contributed by atoms with Gasteiger partial charge in [0.25, 0.3) is 0 Å². The summed E-state index contributed by atoms with van der Waals surface area (Å²) in [6.45, 7) is 6.79. The third-order valence-corrected chi connectivity index (χ3v) is 5.50. The Morgan fingerprint density at radius 3 is 2.52 bits per heavy atom. The van der Waals surface area contributed by atoms with Gasteiger partial charge < -0.3 is 5.11 Å². The van der Waals surface area contributed by atoms with Crippen molar-refractivity contribution in [1.29, 1.82) is 0 Å². The molecular weight excluding hydrogens is 280 g/mol. The first kappa shape index (κ1) is 16.1. The number of aryl methyl sites for hydroxylation is 1. The molecule has 0 amide bonds. The maximum atomic E-state index is 10.3. The standard InChI is InChI=1S/C22H28O/c1-4-8-16(5-2)20-14-19(23)13-18-12-11-15(3)21(22(18)20)17-9-6-7-10-17/h6-7,9-13,16-17,20,23H,4-5,8,14H2,1-3H3. The van der Waals surface area contributed by atoms with E-state index < -0.39 is 0 Å². The molecule has 1 heteroatoms. The van der Waals surface area contributed by atoms with E-state index in [0.717, 1.165) is 6.42 Å². The molecule has 3 rings (SSSR count). The Bertz CT molecular complexity index is 651. The number of hydrogen-bond donors (Lipinski definition) is 1. The lowest BCUT2D eigenvalue weighted by Crippen LogP contribution is -2.20. The molecule has 23 heavy (non-hydrogen) atoms. The maximum absolute atomic E-state index is 10.3. The Kier molecular flexibility index (Phi) is 4.75. The Morgan fingerprint density at radius 2 is 1.87 bits per heavy atom. The van der Waals surface area contributed by atoms with Crippen LogP contribution in [0.1, 0.15) is 73.6 Å². The van der Waals surface area contributed by atoms with Gasteiger partial charge in [0.1, 0.15) is 0 Å². The van der Waals surface area contributed by atoms with Crippen LogP contribution in [0.4, 0.5) is 0 Å². The minimum Gasteiger partial charge on any atom is -0.512 e. The number of aliphatic hydroxyl groups excluding tert-OH is 1. The molecule has 0 heterocycles. The molecule has 122 valence electrons. The zero-order chi connectivity index (χ0) is 16.4. The van der Waals surface area contributed by atoms with Crippen molar-refractivity contribution < 1.29 is 5.11 Å². The van der Waals surface area contributed by atoms with Crippen LogP contribution in [0.5, 0.6) is 0 Å². The van der Waals surface area contributed by atoms with Crippen LogP contribution in [0.15, 0.2) is 42.2 Å². The predicted octanol–water partition coefficient (Wildman–Crippen LogP) is 6.42. The molecule has 0 aromatic heterocycles. The maximum Gasteiger partial charge on any atom is 0.0934 e. The fraction of sp³-hybridized carbons (Fsp3) is 0.455. The molecule has 1 nitrogen and oxygen atoms in total. The summed E-state index contributed by atoms with van der Waals surface area (Å²) in [7, 11) is 0. The highest BCUT2D eigenvalue weighted by Gasteiger charge is 2.31. The van der Waals surface area contributed by atoms with Gasteiger partial charge in [0.05, 0.1) is 5.76 Å². The number of rotatable bonds is 5. The van der Waals surface area contributed by atoms with Crippen LogP contribution in [0.3, 0.4) is 0 Å². The van der Waals surface area contributed by atoms with Gasteiger partial charge in [-0.1, -0.05) is 69.5 Å². The van der Waals surface area contributed by atoms with Gasteiger partial charge in [-0.05, 0) is 47.1 Å². The molecule has 0 fully saturated rings. The summed E-state index contributed by atoms with van der Waals surface area (Å²) >= 11 is 0. The smallest absolute Gasteiger partial charge is 0.0934 e. The van der Waals surface area contributed by atoms with Crippen molar-refractivity contribution in [3.63, 3.8) is 0 Å². The van der Waals surface area contributed by atoms with Crippen LogP contribution in [-0.4, -0.2) is 5.11 Å². The second kappa shape index (κ2) is 6.78. The van der Waals surface area contributed by atoms with Gasteiger partial charge in [-0.25, -0.2) is 0 Å². The van der Waals surface area contributed by atoms with Gasteiger partial charge in [0.15, 0.2) is 0 Å². The Labute approximate surface area is 140 Å². The van der Waals surface area contributed by atoms with E-state index >= 15 is 0 Å². The van der Waals surface area contributed by atoms with Gasteiger partial charge in [-0.3, -0.25) is 0 Å². The average molecular weight is 308 g/mol. The Balaban J connectivity index is 2.15. The Hall–Kier alpha value is -1.76. The molecule has 2 aliphatic rings. The number of hydrogen-bond acceptors (Lipinski definition) is 1. The fourth-order valence-electron chi connectivity index (χ4n) is 4.40. The first-order chi connectivity index (χ1) is 11.2. The summed E-state index contributed by atoms with van der Waals surface area (Å²) < 4.78 is 0. The normalized spacial score (nSPS) is 21.3. The van der Waals surface area contributed by atoms with E-state index in [-0.39, 0.29) is 0 Å². The summed E-state index contributed by atoms with van der Waals surface area (Å²) in [6, 6.07) is 4.40. The van der Waals surface area contributed by atoms with Gasteiger partial charge >= 0.3 is 0 Å². The second-order valence-electron chi connectivity index (χ2n) is 7.00. The van der Waals surface area contributed by atoms with Crippen LogP contribution in [-0.2, 0) is 0 Å². The van der Waals surface area contributed by atoms with Crippen molar-refractivity contribution in [3.05, 3.63) is 64.4 Å². The number of aliphatic hydroxyl groups is 1. The highest BCUT2D eigenvalue weighted by molar-refractivity contribution is 5.64. The lowest BCUT2D eigenvalue weighted by molar-refractivity contribution is 0.314. The molecule has 0 aliphatic heterocycles. The van der Waals surface area contributed by atoms with Gasteiger partial charge in [0.2, 0.25) is 0 Å². The van der Waals surface area contributed by atoms with Crippen molar-refractivity contribution in [1.82, 2.24) is 0 Å². The highest BCUT2D eigenvalue weighted by atomic mass is 16.3. The molecule has 1 N–H and O–H groups in total. The van der Waals surface area contributed by atoms with Gasteiger partial charge in [0, 0.05) is 12.3 Å². The quantitative estimate of drug-likeness (QED) is 0.665. The number of benzene rings is 1. The molecule has 0 saturated heterocycles. The van der Waals surface area contributed by atoms with E-state index in [0.29, 0.717) is 23.5 Å². The van der Waals surface area contributed by atoms with E-state index in [1.807, 2.05) is 6.08 Å². The zero-order valence-electron chi connectivity index (χ0n) is 14.5. The fourth-order valence-corrected chi connectivity index (χ4v) is 4.40. The molecule has 0 spiro atoms. The van der Waals surface area contributed by atoms with Crippen LogP contribution >= 0.6 is 0 Å². The molecule has 0 saturated carbocycles. The van der Waals surface area contributed by atoms with Crippen LogP contribution < -0.4 is 0 Å². The summed E-state index contributed by atoms with van der Waals surface area (Å²) in [6.07, 6.45) is 15.3. The molecule has 0 bridgehead atoms. The third-order valence-electron chi connectivity index (χ3n) is 5.50. The Morgan fingerprint density at radius 1 is 1.13 bits per heavy atom. The SMILES string of the molecule is CCCC(CC)C1CC(O)=Cc2ccc(C)c(C3C=CC=C3)c21. The lowest BCUT2D eigenvalue weighted by Gasteiger charge is -2.34. The zero-order valence-corrected chi connectivity index (χ0v) is 14.5. The minimum absolute atomic E-state index is 0.389. The molecule has 1 aromatic rings. The minimum atomic E-state index is 0.389. The topological polar surface area (TPSA) is 20.2 Å².